The number of hydrogen-bond donors (Lipinski definition) is 2. The molecule has 0 aromatic rings. The summed E-state index contributed by atoms with van der Waals surface area (Å²) in [4.78, 5) is 0. The third-order valence-electron chi connectivity index (χ3n) is 3.33. The first kappa shape index (κ1) is 13.9. The van der Waals surface area contributed by atoms with Gasteiger partial charge in [-0.05, 0) is 32.2 Å². The van der Waals surface area contributed by atoms with Gasteiger partial charge in [0.1, 0.15) is 0 Å². The van der Waals surface area contributed by atoms with Gasteiger partial charge in [-0.25, -0.2) is 4.72 Å². The average molecular weight is 249 g/mol. The van der Waals surface area contributed by atoms with Gasteiger partial charge in [0.15, 0.2) is 0 Å². The summed E-state index contributed by atoms with van der Waals surface area (Å²) in [5.41, 5.74) is 0. The summed E-state index contributed by atoms with van der Waals surface area (Å²) in [6.45, 7) is 6.50. The maximum atomic E-state index is 11.6. The van der Waals surface area contributed by atoms with Crippen LogP contribution in [0.4, 0.5) is 0 Å². The highest BCUT2D eigenvalue weighted by atomic mass is 32.2. The first-order chi connectivity index (χ1) is 7.51. The Labute approximate surface area is 98.8 Å². The number of nitrogens with zero attached hydrogens (tertiary/aromatic N) is 1. The average Bonchev–Trinajstić information content (AvgIpc) is 2.29. The van der Waals surface area contributed by atoms with Crippen molar-refractivity contribution >= 4 is 10.2 Å². The van der Waals surface area contributed by atoms with E-state index in [0.717, 1.165) is 19.4 Å². The van der Waals surface area contributed by atoms with Gasteiger partial charge < -0.3 is 5.32 Å². The van der Waals surface area contributed by atoms with Crippen molar-refractivity contribution in [2.75, 3.05) is 26.7 Å². The number of piperidine rings is 1. The minimum atomic E-state index is -3.22. The van der Waals surface area contributed by atoms with E-state index < -0.39 is 10.2 Å². The fourth-order valence-electron chi connectivity index (χ4n) is 2.23. The zero-order valence-corrected chi connectivity index (χ0v) is 11.2. The first-order valence-corrected chi connectivity index (χ1v) is 7.37. The Morgan fingerprint density at radius 2 is 1.94 bits per heavy atom. The molecule has 1 atom stereocenters. The lowest BCUT2D eigenvalue weighted by atomic mass is 9.91. The molecule has 1 saturated heterocycles. The van der Waals surface area contributed by atoms with Crippen LogP contribution in [-0.4, -0.2) is 45.4 Å². The van der Waals surface area contributed by atoms with Crippen molar-refractivity contribution in [3.63, 3.8) is 0 Å². The van der Waals surface area contributed by atoms with Gasteiger partial charge in [-0.3, -0.25) is 0 Å². The van der Waals surface area contributed by atoms with Crippen molar-refractivity contribution in [1.29, 1.82) is 0 Å². The predicted molar refractivity (Wildman–Crippen MR) is 65.4 cm³/mol. The summed E-state index contributed by atoms with van der Waals surface area (Å²) in [5, 5.41) is 3.40. The van der Waals surface area contributed by atoms with Crippen LogP contribution < -0.4 is 10.0 Å². The number of nitrogens with one attached hydrogen (secondary N) is 2. The fraction of sp³-hybridized carbons (Fsp3) is 1.00. The predicted octanol–water partition coefficient (Wildman–Crippen LogP) is 0.161. The smallest absolute Gasteiger partial charge is 0.279 e. The highest BCUT2D eigenvalue weighted by molar-refractivity contribution is 7.87. The molecule has 1 unspecified atom stereocenters. The summed E-state index contributed by atoms with van der Waals surface area (Å²) >= 11 is 0. The van der Waals surface area contributed by atoms with Gasteiger partial charge in [0.2, 0.25) is 0 Å². The molecule has 1 aliphatic heterocycles. The second-order valence-electron chi connectivity index (χ2n) is 4.29. The van der Waals surface area contributed by atoms with Crippen molar-refractivity contribution in [3.8, 4) is 0 Å². The van der Waals surface area contributed by atoms with Crippen LogP contribution in [0.3, 0.4) is 0 Å². The third-order valence-corrected chi connectivity index (χ3v) is 4.89. The molecule has 6 heteroatoms. The van der Waals surface area contributed by atoms with Crippen LogP contribution in [0.15, 0.2) is 0 Å². The van der Waals surface area contributed by atoms with Gasteiger partial charge in [-0.15, -0.1) is 0 Å². The van der Waals surface area contributed by atoms with Gasteiger partial charge in [0, 0.05) is 26.2 Å². The lowest BCUT2D eigenvalue weighted by molar-refractivity contribution is 0.231. The lowest BCUT2D eigenvalue weighted by Crippen LogP contribution is -2.47. The molecule has 0 amide bonds. The fourth-order valence-corrected chi connectivity index (χ4v) is 3.18. The second-order valence-corrected chi connectivity index (χ2v) is 6.17. The molecule has 1 rings (SSSR count). The van der Waals surface area contributed by atoms with Crippen LogP contribution in [0.5, 0.6) is 0 Å². The minimum absolute atomic E-state index is 0.476. The molecule has 0 aromatic carbocycles. The summed E-state index contributed by atoms with van der Waals surface area (Å²) in [6.07, 6.45) is 1.88. The molecule has 0 saturated carbocycles. The molecule has 1 aliphatic rings. The molecular formula is C10H23N3O2S. The van der Waals surface area contributed by atoms with E-state index in [1.54, 1.807) is 0 Å². The molecule has 0 aromatic heterocycles. The molecule has 16 heavy (non-hydrogen) atoms. The molecule has 0 bridgehead atoms. The monoisotopic (exact) mass is 249 g/mol. The van der Waals surface area contributed by atoms with Crippen LogP contribution in [0.2, 0.25) is 0 Å². The van der Waals surface area contributed by atoms with Gasteiger partial charge in [-0.2, -0.15) is 12.7 Å². The van der Waals surface area contributed by atoms with Gasteiger partial charge in [-0.1, -0.05) is 6.92 Å². The molecular weight excluding hydrogens is 226 g/mol. The quantitative estimate of drug-likeness (QED) is 0.730. The third kappa shape index (κ3) is 3.41. The summed E-state index contributed by atoms with van der Waals surface area (Å²) in [6, 6.07) is 0.476. The van der Waals surface area contributed by atoms with Crippen molar-refractivity contribution in [2.45, 2.75) is 32.7 Å². The van der Waals surface area contributed by atoms with Crippen molar-refractivity contribution < 1.29 is 8.42 Å². The maximum Gasteiger partial charge on any atom is 0.279 e. The Bertz CT molecular complexity index is 297. The standard InChI is InChI=1S/C10H23N3O2S/c1-4-12-9(2)10-5-7-13(8-6-10)16(14,15)11-3/h9-12H,4-8H2,1-3H3. The molecule has 0 spiro atoms. The Morgan fingerprint density at radius 1 is 1.38 bits per heavy atom. The van der Waals surface area contributed by atoms with Gasteiger partial charge >= 0.3 is 0 Å². The van der Waals surface area contributed by atoms with E-state index in [1.165, 1.54) is 11.4 Å². The Balaban J connectivity index is 2.45. The highest BCUT2D eigenvalue weighted by Gasteiger charge is 2.28. The van der Waals surface area contributed by atoms with Crippen LogP contribution in [-0.2, 0) is 10.2 Å². The molecule has 1 fully saturated rings. The summed E-state index contributed by atoms with van der Waals surface area (Å²) in [7, 11) is -1.76. The van der Waals surface area contributed by atoms with Crippen LogP contribution in [0.1, 0.15) is 26.7 Å². The van der Waals surface area contributed by atoms with E-state index in [-0.39, 0.29) is 0 Å². The largest absolute Gasteiger partial charge is 0.314 e. The molecule has 96 valence electrons. The van der Waals surface area contributed by atoms with E-state index in [0.29, 0.717) is 25.0 Å². The van der Waals surface area contributed by atoms with Crippen molar-refractivity contribution in [3.05, 3.63) is 0 Å². The van der Waals surface area contributed by atoms with Crippen molar-refractivity contribution in [1.82, 2.24) is 14.3 Å². The Kier molecular flexibility index (Phi) is 5.17. The second kappa shape index (κ2) is 5.95. The lowest BCUT2D eigenvalue weighted by Gasteiger charge is -2.34. The van der Waals surface area contributed by atoms with Gasteiger partial charge in [0.25, 0.3) is 10.2 Å². The molecule has 0 radical (unpaired) electrons. The van der Waals surface area contributed by atoms with E-state index in [1.807, 2.05) is 0 Å². The normalized spacial score (nSPS) is 22.2. The summed E-state index contributed by atoms with van der Waals surface area (Å²) in [5.74, 6) is 0.586. The maximum absolute atomic E-state index is 11.6. The number of rotatable bonds is 5. The molecule has 5 nitrogen and oxygen atoms in total. The van der Waals surface area contributed by atoms with Crippen LogP contribution in [0, 0.1) is 5.92 Å². The number of hydrogen-bond acceptors (Lipinski definition) is 3. The van der Waals surface area contributed by atoms with Crippen molar-refractivity contribution in [2.24, 2.45) is 5.92 Å². The molecule has 2 N–H and O–H groups in total. The molecule has 1 heterocycles. The summed E-state index contributed by atoms with van der Waals surface area (Å²) < 4.78 is 27.0. The first-order valence-electron chi connectivity index (χ1n) is 5.93. The zero-order valence-electron chi connectivity index (χ0n) is 10.4. The van der Waals surface area contributed by atoms with Crippen LogP contribution in [0.25, 0.3) is 0 Å². The van der Waals surface area contributed by atoms with Crippen LogP contribution >= 0.6 is 0 Å². The topological polar surface area (TPSA) is 61.4 Å². The molecule has 0 aliphatic carbocycles. The van der Waals surface area contributed by atoms with E-state index in [4.69, 9.17) is 0 Å². The van der Waals surface area contributed by atoms with Gasteiger partial charge in [0.05, 0.1) is 0 Å². The minimum Gasteiger partial charge on any atom is -0.314 e. The zero-order chi connectivity index (χ0) is 12.2. The Hall–Kier alpha value is -0.170. The van der Waals surface area contributed by atoms with E-state index in [2.05, 4.69) is 23.9 Å². The van der Waals surface area contributed by atoms with E-state index in [9.17, 15) is 8.42 Å². The SMILES string of the molecule is CCNC(C)C1CCN(S(=O)(=O)NC)CC1. The highest BCUT2D eigenvalue weighted by Crippen LogP contribution is 2.21. The van der Waals surface area contributed by atoms with E-state index >= 15 is 0 Å². The Morgan fingerprint density at radius 3 is 2.38 bits per heavy atom.